The van der Waals surface area contributed by atoms with Crippen molar-refractivity contribution in [1.82, 2.24) is 10.6 Å². The lowest BCUT2D eigenvalue weighted by atomic mass is 10.2. The van der Waals surface area contributed by atoms with E-state index in [1.165, 1.54) is 0 Å². The van der Waals surface area contributed by atoms with E-state index in [9.17, 15) is 4.79 Å². The first kappa shape index (κ1) is 18.1. The van der Waals surface area contributed by atoms with Crippen LogP contribution in [0.1, 0.15) is 32.3 Å². The van der Waals surface area contributed by atoms with Gasteiger partial charge < -0.3 is 15.4 Å². The van der Waals surface area contributed by atoms with Gasteiger partial charge in [-0.25, -0.2) is 0 Å². The minimum atomic E-state index is -0.157. The fourth-order valence-corrected chi connectivity index (χ4v) is 2.35. The standard InChI is InChI=1S/C15H22Cl2N2O2/c1-3-5-18-9-11-7-12(16)8-13(17)15(11)21-10-14(20)19-6-4-2/h7-8,18H,3-6,9-10H2,1-2H3,(H,19,20). The Morgan fingerprint density at radius 2 is 1.90 bits per heavy atom. The SMILES string of the molecule is CCCNCc1cc(Cl)cc(Cl)c1OCC(=O)NCCC. The second kappa shape index (κ2) is 9.87. The van der Waals surface area contributed by atoms with Crippen molar-refractivity contribution in [3.05, 3.63) is 27.7 Å². The molecule has 1 rings (SSSR count). The monoisotopic (exact) mass is 332 g/mol. The quantitative estimate of drug-likeness (QED) is 0.681. The second-order valence-electron chi connectivity index (χ2n) is 4.69. The summed E-state index contributed by atoms with van der Waals surface area (Å²) in [7, 11) is 0. The van der Waals surface area contributed by atoms with Crippen LogP contribution in [0.2, 0.25) is 10.0 Å². The molecule has 0 aliphatic heterocycles. The number of benzene rings is 1. The van der Waals surface area contributed by atoms with Gasteiger partial charge in [-0.05, 0) is 31.5 Å². The average molecular weight is 333 g/mol. The molecule has 0 bridgehead atoms. The van der Waals surface area contributed by atoms with Crippen molar-refractivity contribution >= 4 is 29.1 Å². The Labute approximate surface area is 136 Å². The highest BCUT2D eigenvalue weighted by atomic mass is 35.5. The molecule has 21 heavy (non-hydrogen) atoms. The van der Waals surface area contributed by atoms with Crippen molar-refractivity contribution in [2.75, 3.05) is 19.7 Å². The zero-order valence-electron chi connectivity index (χ0n) is 12.5. The largest absolute Gasteiger partial charge is 0.482 e. The molecular formula is C15H22Cl2N2O2. The maximum absolute atomic E-state index is 11.6. The molecule has 6 heteroatoms. The zero-order valence-corrected chi connectivity index (χ0v) is 14.0. The number of halogens is 2. The Hall–Kier alpha value is -0.970. The number of ether oxygens (including phenoxy) is 1. The van der Waals surface area contributed by atoms with Crippen molar-refractivity contribution in [1.29, 1.82) is 0 Å². The number of hydrogen-bond acceptors (Lipinski definition) is 3. The summed E-state index contributed by atoms with van der Waals surface area (Å²) in [6.45, 7) is 6.16. The molecule has 1 amide bonds. The van der Waals surface area contributed by atoms with E-state index >= 15 is 0 Å². The smallest absolute Gasteiger partial charge is 0.257 e. The van der Waals surface area contributed by atoms with Crippen LogP contribution < -0.4 is 15.4 Å². The van der Waals surface area contributed by atoms with E-state index < -0.39 is 0 Å². The number of carbonyl (C=O) groups excluding carboxylic acids is 1. The minimum Gasteiger partial charge on any atom is -0.482 e. The van der Waals surface area contributed by atoms with Gasteiger partial charge in [-0.15, -0.1) is 0 Å². The van der Waals surface area contributed by atoms with Gasteiger partial charge in [-0.3, -0.25) is 4.79 Å². The summed E-state index contributed by atoms with van der Waals surface area (Å²) in [6, 6.07) is 3.42. The molecular weight excluding hydrogens is 311 g/mol. The van der Waals surface area contributed by atoms with Crippen LogP contribution >= 0.6 is 23.2 Å². The van der Waals surface area contributed by atoms with E-state index in [-0.39, 0.29) is 12.5 Å². The molecule has 4 nitrogen and oxygen atoms in total. The second-order valence-corrected chi connectivity index (χ2v) is 5.53. The van der Waals surface area contributed by atoms with Crippen LogP contribution in [-0.4, -0.2) is 25.6 Å². The van der Waals surface area contributed by atoms with Crippen LogP contribution in [0.3, 0.4) is 0 Å². The highest BCUT2D eigenvalue weighted by molar-refractivity contribution is 6.35. The van der Waals surface area contributed by atoms with Crippen LogP contribution in [0, 0.1) is 0 Å². The minimum absolute atomic E-state index is 0.0534. The van der Waals surface area contributed by atoms with Gasteiger partial charge >= 0.3 is 0 Å². The van der Waals surface area contributed by atoms with Gasteiger partial charge in [0.05, 0.1) is 5.02 Å². The summed E-state index contributed by atoms with van der Waals surface area (Å²) in [5.41, 5.74) is 0.851. The molecule has 0 aromatic heterocycles. The highest BCUT2D eigenvalue weighted by Gasteiger charge is 2.12. The summed E-state index contributed by atoms with van der Waals surface area (Å²) >= 11 is 12.2. The predicted molar refractivity (Wildman–Crippen MR) is 87.3 cm³/mol. The molecule has 0 spiro atoms. The fraction of sp³-hybridized carbons (Fsp3) is 0.533. The Balaban J connectivity index is 2.71. The summed E-state index contributed by atoms with van der Waals surface area (Å²) in [5.74, 6) is 0.353. The van der Waals surface area contributed by atoms with Crippen LogP contribution in [0.15, 0.2) is 12.1 Å². The lowest BCUT2D eigenvalue weighted by molar-refractivity contribution is -0.123. The van der Waals surface area contributed by atoms with Gasteiger partial charge in [-0.2, -0.15) is 0 Å². The Morgan fingerprint density at radius 3 is 2.57 bits per heavy atom. The molecule has 0 saturated carbocycles. The molecule has 2 N–H and O–H groups in total. The molecule has 0 unspecified atom stereocenters. The van der Waals surface area contributed by atoms with Gasteiger partial charge in [0.1, 0.15) is 5.75 Å². The first-order valence-electron chi connectivity index (χ1n) is 7.16. The summed E-state index contributed by atoms with van der Waals surface area (Å²) < 4.78 is 5.57. The molecule has 0 saturated heterocycles. The van der Waals surface area contributed by atoms with Gasteiger partial charge in [0.15, 0.2) is 6.61 Å². The molecule has 0 aliphatic carbocycles. The molecule has 0 heterocycles. The van der Waals surface area contributed by atoms with Crippen LogP contribution in [0.25, 0.3) is 0 Å². The molecule has 1 aromatic rings. The maximum atomic E-state index is 11.6. The van der Waals surface area contributed by atoms with E-state index in [0.717, 1.165) is 24.9 Å². The predicted octanol–water partition coefficient (Wildman–Crippen LogP) is 3.40. The van der Waals surface area contributed by atoms with E-state index in [0.29, 0.717) is 28.9 Å². The lowest BCUT2D eigenvalue weighted by Gasteiger charge is -2.14. The van der Waals surface area contributed by atoms with Crippen molar-refractivity contribution in [3.8, 4) is 5.75 Å². The van der Waals surface area contributed by atoms with Crippen LogP contribution in [0.5, 0.6) is 5.75 Å². The molecule has 1 aromatic carbocycles. The fourth-order valence-electron chi connectivity index (χ4n) is 1.76. The topological polar surface area (TPSA) is 50.4 Å². The van der Waals surface area contributed by atoms with E-state index in [1.807, 2.05) is 6.92 Å². The van der Waals surface area contributed by atoms with E-state index in [1.54, 1.807) is 12.1 Å². The van der Waals surface area contributed by atoms with Crippen molar-refractivity contribution in [2.45, 2.75) is 33.2 Å². The lowest BCUT2D eigenvalue weighted by Crippen LogP contribution is -2.29. The molecule has 0 fully saturated rings. The van der Waals surface area contributed by atoms with Crippen LogP contribution in [0.4, 0.5) is 0 Å². The summed E-state index contributed by atoms with van der Waals surface area (Å²) in [4.78, 5) is 11.6. The Morgan fingerprint density at radius 1 is 1.19 bits per heavy atom. The molecule has 0 atom stereocenters. The third-order valence-corrected chi connectivity index (χ3v) is 3.25. The van der Waals surface area contributed by atoms with Crippen molar-refractivity contribution in [3.63, 3.8) is 0 Å². The van der Waals surface area contributed by atoms with Crippen molar-refractivity contribution in [2.24, 2.45) is 0 Å². The van der Waals surface area contributed by atoms with Gasteiger partial charge in [0, 0.05) is 23.7 Å². The third-order valence-electron chi connectivity index (χ3n) is 2.75. The van der Waals surface area contributed by atoms with E-state index in [2.05, 4.69) is 17.6 Å². The van der Waals surface area contributed by atoms with Crippen molar-refractivity contribution < 1.29 is 9.53 Å². The molecule has 118 valence electrons. The van der Waals surface area contributed by atoms with Gasteiger partial charge in [0.25, 0.3) is 5.91 Å². The number of hydrogen-bond donors (Lipinski definition) is 2. The van der Waals surface area contributed by atoms with Gasteiger partial charge in [-0.1, -0.05) is 37.0 Å². The zero-order chi connectivity index (χ0) is 15.7. The number of carbonyl (C=O) groups is 1. The number of rotatable bonds is 9. The normalized spacial score (nSPS) is 10.5. The van der Waals surface area contributed by atoms with Gasteiger partial charge in [0.2, 0.25) is 0 Å². The first-order valence-corrected chi connectivity index (χ1v) is 7.92. The third kappa shape index (κ3) is 6.55. The highest BCUT2D eigenvalue weighted by Crippen LogP contribution is 2.32. The summed E-state index contributed by atoms with van der Waals surface area (Å²) in [6.07, 6.45) is 1.92. The van der Waals surface area contributed by atoms with E-state index in [4.69, 9.17) is 27.9 Å². The maximum Gasteiger partial charge on any atom is 0.257 e. The Kier molecular flexibility index (Phi) is 8.50. The van der Waals surface area contributed by atoms with Crippen LogP contribution in [-0.2, 0) is 11.3 Å². The molecule has 0 aliphatic rings. The summed E-state index contributed by atoms with van der Waals surface area (Å²) in [5, 5.41) is 6.99. The molecule has 0 radical (unpaired) electrons. The number of nitrogens with one attached hydrogen (secondary N) is 2. The average Bonchev–Trinajstić information content (AvgIpc) is 2.44. The Bertz CT molecular complexity index is 467. The number of amides is 1. The first-order chi connectivity index (χ1) is 10.1.